The molecule has 0 spiro atoms. The molecule has 1 aromatic heterocycles. The lowest BCUT2D eigenvalue weighted by atomic mass is 10.3. The predicted molar refractivity (Wildman–Crippen MR) is 106 cm³/mol. The van der Waals surface area contributed by atoms with Gasteiger partial charge < -0.3 is 4.90 Å². The van der Waals surface area contributed by atoms with Gasteiger partial charge in [0.2, 0.25) is 15.9 Å². The van der Waals surface area contributed by atoms with Crippen molar-refractivity contribution in [2.75, 3.05) is 31.9 Å². The highest BCUT2D eigenvalue weighted by molar-refractivity contribution is 7.91. The van der Waals surface area contributed by atoms with Crippen LogP contribution < -0.4 is 0 Å². The van der Waals surface area contributed by atoms with E-state index in [0.29, 0.717) is 5.69 Å². The van der Waals surface area contributed by atoms with Crippen LogP contribution in [0.5, 0.6) is 0 Å². The van der Waals surface area contributed by atoms with E-state index >= 15 is 0 Å². The molecule has 0 bridgehead atoms. The molecule has 1 fully saturated rings. The van der Waals surface area contributed by atoms with Gasteiger partial charge in [0, 0.05) is 39.6 Å². The van der Waals surface area contributed by atoms with E-state index in [1.807, 2.05) is 0 Å². The molecule has 1 aromatic carbocycles. The normalized spacial score (nSPS) is 16.1. The van der Waals surface area contributed by atoms with E-state index in [0.717, 1.165) is 0 Å². The van der Waals surface area contributed by atoms with Crippen LogP contribution in [-0.2, 0) is 31.7 Å². The van der Waals surface area contributed by atoms with Crippen molar-refractivity contribution >= 4 is 25.8 Å². The summed E-state index contributed by atoms with van der Waals surface area (Å²) < 4.78 is 53.1. The van der Waals surface area contributed by atoms with Crippen LogP contribution in [0.4, 0.5) is 0 Å². The van der Waals surface area contributed by atoms with Gasteiger partial charge in [-0.3, -0.25) is 9.48 Å². The summed E-state index contributed by atoms with van der Waals surface area (Å²) in [6.07, 6.45) is 1.20. The van der Waals surface area contributed by atoms with Crippen molar-refractivity contribution in [3.63, 3.8) is 0 Å². The van der Waals surface area contributed by atoms with E-state index in [1.165, 1.54) is 32.2 Å². The summed E-state index contributed by atoms with van der Waals surface area (Å²) in [6.45, 7) is 2.46. The number of hydrogen-bond acceptors (Lipinski definition) is 6. The molecule has 1 amide bonds. The Bertz CT molecular complexity index is 1090. The molecule has 1 aliphatic heterocycles. The summed E-state index contributed by atoms with van der Waals surface area (Å²) in [7, 11) is -5.53. The number of benzene rings is 1. The Morgan fingerprint density at radius 3 is 2.21 bits per heavy atom. The van der Waals surface area contributed by atoms with Crippen LogP contribution in [0.15, 0.2) is 46.3 Å². The quantitative estimate of drug-likeness (QED) is 0.644. The minimum Gasteiger partial charge on any atom is -0.340 e. The highest BCUT2D eigenvalue weighted by Crippen LogP contribution is 2.21. The molecule has 0 N–H and O–H groups in total. The summed E-state index contributed by atoms with van der Waals surface area (Å²) in [5, 5.41) is 3.98. The second kappa shape index (κ2) is 8.25. The summed E-state index contributed by atoms with van der Waals surface area (Å²) in [5.41, 5.74) is 0.551. The van der Waals surface area contributed by atoms with Crippen molar-refractivity contribution in [3.8, 4) is 0 Å². The zero-order valence-corrected chi connectivity index (χ0v) is 18.0. The van der Waals surface area contributed by atoms with E-state index in [-0.39, 0.29) is 54.1 Å². The number of aryl methyl sites for hydroxylation is 1. The maximum Gasteiger partial charge on any atom is 0.246 e. The SMILES string of the molecule is Cc1c(S(=O)(=O)N2CCN(C(=O)CCS(=O)(=O)c3ccccc3)CC2)cnn1C. The first-order valence-corrected chi connectivity index (χ1v) is 12.3. The Balaban J connectivity index is 1.58. The Labute approximate surface area is 170 Å². The Morgan fingerprint density at radius 2 is 1.66 bits per heavy atom. The van der Waals surface area contributed by atoms with E-state index in [1.54, 1.807) is 32.2 Å². The van der Waals surface area contributed by atoms with Crippen LogP contribution in [0.2, 0.25) is 0 Å². The third kappa shape index (κ3) is 4.51. The minimum atomic E-state index is -3.68. The summed E-state index contributed by atoms with van der Waals surface area (Å²) >= 11 is 0. The topological polar surface area (TPSA) is 110 Å². The van der Waals surface area contributed by atoms with E-state index in [2.05, 4.69) is 5.10 Å². The molecule has 0 aliphatic carbocycles. The monoisotopic (exact) mass is 440 g/mol. The average molecular weight is 441 g/mol. The van der Waals surface area contributed by atoms with E-state index in [9.17, 15) is 21.6 Å². The first kappa shape index (κ1) is 21.5. The van der Waals surface area contributed by atoms with Crippen molar-refractivity contribution in [1.82, 2.24) is 19.0 Å². The molecule has 2 aromatic rings. The lowest BCUT2D eigenvalue weighted by Crippen LogP contribution is -2.50. The van der Waals surface area contributed by atoms with Gasteiger partial charge in [-0.05, 0) is 19.1 Å². The lowest BCUT2D eigenvalue weighted by molar-refractivity contribution is -0.131. The summed E-state index contributed by atoms with van der Waals surface area (Å²) in [4.78, 5) is 14.3. The molecular weight excluding hydrogens is 416 g/mol. The van der Waals surface area contributed by atoms with Crippen LogP contribution in [0.1, 0.15) is 12.1 Å². The van der Waals surface area contributed by atoms with Gasteiger partial charge in [-0.15, -0.1) is 0 Å². The van der Waals surface area contributed by atoms with Gasteiger partial charge in [0.1, 0.15) is 4.90 Å². The number of carbonyl (C=O) groups is 1. The zero-order valence-electron chi connectivity index (χ0n) is 16.4. The average Bonchev–Trinajstić information content (AvgIpc) is 3.06. The van der Waals surface area contributed by atoms with Crippen molar-refractivity contribution in [1.29, 1.82) is 0 Å². The molecule has 0 radical (unpaired) electrons. The highest BCUT2D eigenvalue weighted by atomic mass is 32.2. The van der Waals surface area contributed by atoms with Crippen LogP contribution in [-0.4, -0.2) is 73.7 Å². The third-order valence-electron chi connectivity index (χ3n) is 5.09. The first-order valence-electron chi connectivity index (χ1n) is 9.17. The molecule has 2 heterocycles. The van der Waals surface area contributed by atoms with Gasteiger partial charge in [0.25, 0.3) is 0 Å². The smallest absolute Gasteiger partial charge is 0.246 e. The molecule has 3 rings (SSSR count). The van der Waals surface area contributed by atoms with Crippen molar-refractivity contribution in [2.24, 2.45) is 7.05 Å². The number of aromatic nitrogens is 2. The van der Waals surface area contributed by atoms with Crippen molar-refractivity contribution in [3.05, 3.63) is 42.2 Å². The van der Waals surface area contributed by atoms with E-state index in [4.69, 9.17) is 0 Å². The van der Waals surface area contributed by atoms with Gasteiger partial charge in [-0.2, -0.15) is 9.40 Å². The van der Waals surface area contributed by atoms with Crippen LogP contribution >= 0.6 is 0 Å². The number of nitrogens with zero attached hydrogens (tertiary/aromatic N) is 4. The molecule has 0 atom stereocenters. The molecule has 0 saturated carbocycles. The van der Waals surface area contributed by atoms with Crippen LogP contribution in [0.25, 0.3) is 0 Å². The molecule has 11 heteroatoms. The third-order valence-corrected chi connectivity index (χ3v) is 8.82. The number of sulfonamides is 1. The fourth-order valence-electron chi connectivity index (χ4n) is 3.17. The minimum absolute atomic E-state index is 0.133. The molecule has 9 nitrogen and oxygen atoms in total. The van der Waals surface area contributed by atoms with Gasteiger partial charge in [0.05, 0.1) is 22.5 Å². The predicted octanol–water partition coefficient (Wildman–Crippen LogP) is 0.425. The summed E-state index contributed by atoms with van der Waals surface area (Å²) in [5.74, 6) is -0.567. The van der Waals surface area contributed by atoms with Gasteiger partial charge in [0.15, 0.2) is 9.84 Å². The largest absolute Gasteiger partial charge is 0.340 e. The fourth-order valence-corrected chi connectivity index (χ4v) is 6.03. The first-order chi connectivity index (χ1) is 13.6. The molecule has 29 heavy (non-hydrogen) atoms. The van der Waals surface area contributed by atoms with Crippen LogP contribution in [0.3, 0.4) is 0 Å². The lowest BCUT2D eigenvalue weighted by Gasteiger charge is -2.34. The molecule has 1 saturated heterocycles. The maximum absolute atomic E-state index is 12.8. The number of piperazine rings is 1. The van der Waals surface area contributed by atoms with Crippen molar-refractivity contribution in [2.45, 2.75) is 23.1 Å². The van der Waals surface area contributed by atoms with Crippen molar-refractivity contribution < 1.29 is 21.6 Å². The second-order valence-electron chi connectivity index (χ2n) is 6.88. The molecule has 158 valence electrons. The van der Waals surface area contributed by atoms with Gasteiger partial charge >= 0.3 is 0 Å². The Morgan fingerprint density at radius 1 is 1.03 bits per heavy atom. The number of sulfone groups is 1. The molecule has 0 unspecified atom stereocenters. The second-order valence-corrected chi connectivity index (χ2v) is 10.9. The fraction of sp³-hybridized carbons (Fsp3) is 0.444. The number of carbonyl (C=O) groups excluding carboxylic acids is 1. The van der Waals surface area contributed by atoms with Gasteiger partial charge in [-0.1, -0.05) is 18.2 Å². The maximum atomic E-state index is 12.8. The Kier molecular flexibility index (Phi) is 6.11. The molecular formula is C18H24N4O5S2. The number of amides is 1. The van der Waals surface area contributed by atoms with Gasteiger partial charge in [-0.25, -0.2) is 16.8 Å². The zero-order chi connectivity index (χ0) is 21.2. The standard InChI is InChI=1S/C18H24N4O5S2/c1-15-17(14-19-20(15)2)29(26,27)22-11-9-21(10-12-22)18(23)8-13-28(24,25)16-6-4-3-5-7-16/h3-7,14H,8-13H2,1-2H3. The number of rotatable bonds is 6. The number of hydrogen-bond donors (Lipinski definition) is 0. The molecule has 1 aliphatic rings. The Hall–Kier alpha value is -2.24. The summed E-state index contributed by atoms with van der Waals surface area (Å²) in [6, 6.07) is 8.01. The van der Waals surface area contributed by atoms with Crippen LogP contribution in [0, 0.1) is 6.92 Å². The highest BCUT2D eigenvalue weighted by Gasteiger charge is 2.32. The van der Waals surface area contributed by atoms with E-state index < -0.39 is 19.9 Å².